The lowest BCUT2D eigenvalue weighted by molar-refractivity contribution is -0.133. The van der Waals surface area contributed by atoms with E-state index >= 15 is 0 Å². The molecule has 0 spiro atoms. The van der Waals surface area contributed by atoms with Gasteiger partial charge in [0.05, 0.1) is 13.0 Å². The van der Waals surface area contributed by atoms with Gasteiger partial charge in [0.15, 0.2) is 0 Å². The second-order valence-electron chi connectivity index (χ2n) is 5.88. The summed E-state index contributed by atoms with van der Waals surface area (Å²) < 4.78 is 4.96. The number of hydrogen-bond acceptors (Lipinski definition) is 4. The van der Waals surface area contributed by atoms with Crippen LogP contribution in [0.3, 0.4) is 0 Å². The predicted molar refractivity (Wildman–Crippen MR) is 85.8 cm³/mol. The van der Waals surface area contributed by atoms with Crippen LogP contribution in [0.25, 0.3) is 0 Å². The molecule has 5 nitrogen and oxygen atoms in total. The Labute approximate surface area is 132 Å². The Morgan fingerprint density at radius 3 is 2.82 bits per heavy atom. The average Bonchev–Trinajstić information content (AvgIpc) is 2.53. The highest BCUT2D eigenvalue weighted by molar-refractivity contribution is 5.76. The lowest BCUT2D eigenvalue weighted by Gasteiger charge is -2.34. The summed E-state index contributed by atoms with van der Waals surface area (Å²) in [6.07, 6.45) is 2.39. The lowest BCUT2D eigenvalue weighted by atomic mass is 10.0. The third kappa shape index (κ3) is 4.71. The number of nitrogens with one attached hydrogen (secondary N) is 1. The van der Waals surface area contributed by atoms with Crippen LogP contribution in [0.2, 0.25) is 0 Å². The van der Waals surface area contributed by atoms with Crippen molar-refractivity contribution >= 4 is 5.91 Å². The summed E-state index contributed by atoms with van der Waals surface area (Å²) in [6, 6.07) is 7.94. The Bertz CT molecular complexity index is 485. The minimum atomic E-state index is 0.182. The molecule has 1 heterocycles. The summed E-state index contributed by atoms with van der Waals surface area (Å²) in [5, 5.41) is 13.1. The first-order chi connectivity index (χ1) is 10.6. The van der Waals surface area contributed by atoms with E-state index in [1.165, 1.54) is 0 Å². The van der Waals surface area contributed by atoms with Crippen LogP contribution >= 0.6 is 0 Å². The quantitative estimate of drug-likeness (QED) is 0.844. The van der Waals surface area contributed by atoms with Gasteiger partial charge in [-0.2, -0.15) is 0 Å². The molecule has 5 heteroatoms. The first kappa shape index (κ1) is 16.8. The van der Waals surface area contributed by atoms with Crippen molar-refractivity contribution in [2.24, 2.45) is 0 Å². The third-order valence-electron chi connectivity index (χ3n) is 4.22. The van der Waals surface area contributed by atoms with Gasteiger partial charge in [0, 0.05) is 32.3 Å². The Balaban J connectivity index is 1.78. The molecule has 1 aromatic carbocycles. The molecule has 1 aliphatic heterocycles. The number of hydrogen-bond donors (Lipinski definition) is 2. The van der Waals surface area contributed by atoms with Crippen molar-refractivity contribution in [1.29, 1.82) is 0 Å². The number of aromatic hydroxyl groups is 1. The Hall–Kier alpha value is -1.59. The molecule has 0 bridgehead atoms. The zero-order valence-electron chi connectivity index (χ0n) is 13.4. The maximum atomic E-state index is 11.9. The van der Waals surface area contributed by atoms with Crippen molar-refractivity contribution in [3.05, 3.63) is 29.8 Å². The molecular formula is C17H26N2O3. The monoisotopic (exact) mass is 306 g/mol. The van der Waals surface area contributed by atoms with E-state index in [0.717, 1.165) is 31.5 Å². The van der Waals surface area contributed by atoms with Gasteiger partial charge in [-0.15, -0.1) is 0 Å². The molecule has 1 aliphatic rings. The largest absolute Gasteiger partial charge is 0.508 e. The zero-order chi connectivity index (χ0) is 15.9. The van der Waals surface area contributed by atoms with Crippen LogP contribution in [-0.2, 0) is 9.53 Å². The van der Waals surface area contributed by atoms with Crippen LogP contribution in [0.4, 0.5) is 0 Å². The molecule has 0 aromatic heterocycles. The molecule has 0 aliphatic carbocycles. The molecule has 1 aromatic rings. The van der Waals surface area contributed by atoms with Gasteiger partial charge in [-0.25, -0.2) is 0 Å². The lowest BCUT2D eigenvalue weighted by Crippen LogP contribution is -2.45. The fraction of sp³-hybridized carbons (Fsp3) is 0.588. The van der Waals surface area contributed by atoms with Crippen molar-refractivity contribution in [3.8, 4) is 5.75 Å². The number of rotatable bonds is 6. The summed E-state index contributed by atoms with van der Waals surface area (Å²) in [6.45, 7) is 4.19. The fourth-order valence-corrected chi connectivity index (χ4v) is 2.89. The fourth-order valence-electron chi connectivity index (χ4n) is 2.89. The molecule has 0 unspecified atom stereocenters. The maximum Gasteiger partial charge on any atom is 0.224 e. The molecule has 122 valence electrons. The number of carbonyl (C=O) groups excluding carboxylic acids is 1. The minimum absolute atomic E-state index is 0.182. The summed E-state index contributed by atoms with van der Waals surface area (Å²) in [5.74, 6) is 0.478. The number of phenols is 1. The highest BCUT2D eigenvalue weighted by Crippen LogP contribution is 2.20. The van der Waals surface area contributed by atoms with Gasteiger partial charge in [0.2, 0.25) is 5.91 Å². The first-order valence-electron chi connectivity index (χ1n) is 7.92. The number of piperidine rings is 1. The van der Waals surface area contributed by atoms with Gasteiger partial charge in [0.1, 0.15) is 5.75 Å². The summed E-state index contributed by atoms with van der Waals surface area (Å²) in [5.41, 5.74) is 1.08. The summed E-state index contributed by atoms with van der Waals surface area (Å²) >= 11 is 0. The van der Waals surface area contributed by atoms with Crippen molar-refractivity contribution < 1.29 is 14.6 Å². The van der Waals surface area contributed by atoms with Gasteiger partial charge in [0.25, 0.3) is 0 Å². The molecule has 1 fully saturated rings. The van der Waals surface area contributed by atoms with E-state index in [2.05, 4.69) is 12.2 Å². The van der Waals surface area contributed by atoms with Crippen LogP contribution in [0.5, 0.6) is 5.75 Å². The number of methoxy groups -OCH3 is 1. The standard InChI is InChI=1S/C17H26N2O3/c1-13(14-4-3-5-16(20)12-14)18-15-6-9-19(10-7-15)17(21)8-11-22-2/h3-5,12-13,15,18,20H,6-11H2,1-2H3/t13-/m1/s1. The molecule has 1 saturated heterocycles. The molecule has 0 radical (unpaired) electrons. The molecule has 0 saturated carbocycles. The highest BCUT2D eigenvalue weighted by Gasteiger charge is 2.23. The van der Waals surface area contributed by atoms with Crippen molar-refractivity contribution in [2.45, 2.75) is 38.3 Å². The van der Waals surface area contributed by atoms with E-state index in [4.69, 9.17) is 4.74 Å². The molecule has 1 atom stereocenters. The van der Waals surface area contributed by atoms with Gasteiger partial charge in [-0.05, 0) is 37.5 Å². The summed E-state index contributed by atoms with van der Waals surface area (Å²) in [4.78, 5) is 13.9. The van der Waals surface area contributed by atoms with Crippen LogP contribution in [0.1, 0.15) is 37.8 Å². The van der Waals surface area contributed by atoms with Crippen molar-refractivity contribution in [3.63, 3.8) is 0 Å². The highest BCUT2D eigenvalue weighted by atomic mass is 16.5. The topological polar surface area (TPSA) is 61.8 Å². The van der Waals surface area contributed by atoms with E-state index in [0.29, 0.717) is 24.8 Å². The van der Waals surface area contributed by atoms with Crippen LogP contribution < -0.4 is 5.32 Å². The van der Waals surface area contributed by atoms with Crippen LogP contribution in [-0.4, -0.2) is 48.8 Å². The normalized spacial score (nSPS) is 17.5. The molecule has 1 amide bonds. The van der Waals surface area contributed by atoms with Gasteiger partial charge < -0.3 is 20.1 Å². The Morgan fingerprint density at radius 2 is 2.18 bits per heavy atom. The van der Waals surface area contributed by atoms with Gasteiger partial charge in [-0.3, -0.25) is 4.79 Å². The average molecular weight is 306 g/mol. The first-order valence-corrected chi connectivity index (χ1v) is 7.92. The number of phenolic OH excluding ortho intramolecular Hbond substituents is 1. The molecule has 2 rings (SSSR count). The van der Waals surface area contributed by atoms with Crippen LogP contribution in [0, 0.1) is 0 Å². The van der Waals surface area contributed by atoms with E-state index in [1.807, 2.05) is 17.0 Å². The summed E-state index contributed by atoms with van der Waals surface area (Å²) in [7, 11) is 1.62. The molecular weight excluding hydrogens is 280 g/mol. The maximum absolute atomic E-state index is 11.9. The number of nitrogens with zero attached hydrogens (tertiary/aromatic N) is 1. The van der Waals surface area contributed by atoms with Crippen molar-refractivity contribution in [2.75, 3.05) is 26.8 Å². The van der Waals surface area contributed by atoms with E-state index < -0.39 is 0 Å². The van der Waals surface area contributed by atoms with Crippen molar-refractivity contribution in [1.82, 2.24) is 10.2 Å². The van der Waals surface area contributed by atoms with Crippen LogP contribution in [0.15, 0.2) is 24.3 Å². The van der Waals surface area contributed by atoms with E-state index in [9.17, 15) is 9.90 Å². The molecule has 2 N–H and O–H groups in total. The number of likely N-dealkylation sites (tertiary alicyclic amines) is 1. The molecule has 22 heavy (non-hydrogen) atoms. The Morgan fingerprint density at radius 1 is 1.45 bits per heavy atom. The van der Waals surface area contributed by atoms with Gasteiger partial charge >= 0.3 is 0 Å². The number of benzene rings is 1. The number of amides is 1. The number of ether oxygens (including phenoxy) is 1. The van der Waals surface area contributed by atoms with Gasteiger partial charge in [-0.1, -0.05) is 12.1 Å². The van der Waals surface area contributed by atoms with E-state index in [-0.39, 0.29) is 11.9 Å². The third-order valence-corrected chi connectivity index (χ3v) is 4.22. The SMILES string of the molecule is COCCC(=O)N1CCC(N[C@H](C)c2cccc(O)c2)CC1. The smallest absolute Gasteiger partial charge is 0.224 e. The second-order valence-corrected chi connectivity index (χ2v) is 5.88. The zero-order valence-corrected chi connectivity index (χ0v) is 13.4. The number of carbonyl (C=O) groups is 1. The predicted octanol–water partition coefficient (Wildman–Crippen LogP) is 2.07. The second kappa shape index (κ2) is 8.15. The van der Waals surface area contributed by atoms with E-state index in [1.54, 1.807) is 19.2 Å². The minimum Gasteiger partial charge on any atom is -0.508 e. The Kier molecular flexibility index (Phi) is 6.21.